The average molecular weight is 209 g/mol. The molecule has 3 N–H and O–H groups in total. The van der Waals surface area contributed by atoms with Gasteiger partial charge in [0.25, 0.3) is 5.56 Å². The zero-order chi connectivity index (χ0) is 11.4. The van der Waals surface area contributed by atoms with E-state index in [2.05, 4.69) is 4.98 Å². The zero-order valence-corrected chi connectivity index (χ0v) is 8.90. The highest BCUT2D eigenvalue weighted by molar-refractivity contribution is 5.77. The summed E-state index contributed by atoms with van der Waals surface area (Å²) in [5.74, 6) is 0.482. The van der Waals surface area contributed by atoms with Crippen LogP contribution in [-0.4, -0.2) is 29.0 Å². The maximum absolute atomic E-state index is 11.6. The van der Waals surface area contributed by atoms with E-state index in [0.29, 0.717) is 18.8 Å². The van der Waals surface area contributed by atoms with Crippen LogP contribution in [-0.2, 0) is 7.05 Å². The zero-order valence-electron chi connectivity index (χ0n) is 8.90. The van der Waals surface area contributed by atoms with E-state index in [4.69, 9.17) is 11.1 Å². The molecule has 0 aliphatic heterocycles. The van der Waals surface area contributed by atoms with Crippen LogP contribution in [0.4, 0.5) is 5.82 Å². The van der Waals surface area contributed by atoms with Crippen LogP contribution in [0.1, 0.15) is 6.42 Å². The number of aryl methyl sites for hydroxylation is 1. The molecule has 0 amide bonds. The van der Waals surface area contributed by atoms with Gasteiger partial charge in [0.15, 0.2) is 5.82 Å². The van der Waals surface area contributed by atoms with Crippen molar-refractivity contribution in [2.24, 2.45) is 12.8 Å². The van der Waals surface area contributed by atoms with Gasteiger partial charge in [-0.2, -0.15) is 0 Å². The Bertz CT molecular complexity index is 411. The predicted molar refractivity (Wildman–Crippen MR) is 59.3 cm³/mol. The Kier molecular flexibility index (Phi) is 3.43. The first-order chi connectivity index (χ1) is 7.02. The number of nitrogens with two attached hydrogens (primary N) is 1. The minimum Gasteiger partial charge on any atom is -0.388 e. The molecule has 0 atom stereocenters. The smallest absolute Gasteiger partial charge is 0.293 e. The van der Waals surface area contributed by atoms with E-state index in [9.17, 15) is 4.79 Å². The van der Waals surface area contributed by atoms with Crippen molar-refractivity contribution < 1.29 is 0 Å². The molecule has 1 heterocycles. The number of nitrogens with zero attached hydrogens (tertiary/aromatic N) is 3. The topological polar surface area (TPSA) is 88.0 Å². The molecule has 0 radical (unpaired) electrons. The van der Waals surface area contributed by atoms with E-state index in [1.807, 2.05) is 0 Å². The molecule has 0 unspecified atom stereocenters. The molecule has 0 saturated heterocycles. The van der Waals surface area contributed by atoms with Crippen molar-refractivity contribution >= 4 is 11.7 Å². The second kappa shape index (κ2) is 4.59. The molecule has 15 heavy (non-hydrogen) atoms. The molecule has 1 aromatic heterocycles. The summed E-state index contributed by atoms with van der Waals surface area (Å²) in [4.78, 5) is 17.3. The minimum atomic E-state index is -0.149. The lowest BCUT2D eigenvalue weighted by Gasteiger charge is -2.16. The molecule has 0 bridgehead atoms. The Morgan fingerprint density at radius 1 is 1.73 bits per heavy atom. The van der Waals surface area contributed by atoms with E-state index in [-0.39, 0.29) is 11.4 Å². The number of nitrogens with one attached hydrogen (secondary N) is 1. The Balaban J connectivity index is 2.82. The van der Waals surface area contributed by atoms with Crippen molar-refractivity contribution in [3.8, 4) is 0 Å². The summed E-state index contributed by atoms with van der Waals surface area (Å²) in [6.45, 7) is 0.515. The lowest BCUT2D eigenvalue weighted by molar-refractivity contribution is 0.803. The van der Waals surface area contributed by atoms with E-state index in [1.165, 1.54) is 4.57 Å². The normalized spacial score (nSPS) is 10.0. The number of hydrogen-bond donors (Lipinski definition) is 2. The quantitative estimate of drug-likeness (QED) is 0.519. The maximum Gasteiger partial charge on any atom is 0.293 e. The van der Waals surface area contributed by atoms with Gasteiger partial charge < -0.3 is 15.2 Å². The summed E-state index contributed by atoms with van der Waals surface area (Å²) >= 11 is 0. The largest absolute Gasteiger partial charge is 0.388 e. The van der Waals surface area contributed by atoms with Crippen LogP contribution in [0.3, 0.4) is 0 Å². The molecule has 0 saturated carbocycles. The highest BCUT2D eigenvalue weighted by Crippen LogP contribution is 2.00. The fraction of sp³-hybridized carbons (Fsp3) is 0.444. The third kappa shape index (κ3) is 2.80. The second-order valence-electron chi connectivity index (χ2n) is 3.36. The monoisotopic (exact) mass is 209 g/mol. The number of aromatic nitrogens is 2. The highest BCUT2D eigenvalue weighted by atomic mass is 16.1. The van der Waals surface area contributed by atoms with Gasteiger partial charge in [-0.3, -0.25) is 10.2 Å². The molecule has 0 aliphatic rings. The Morgan fingerprint density at radius 2 is 2.40 bits per heavy atom. The van der Waals surface area contributed by atoms with E-state index in [0.717, 1.165) is 0 Å². The van der Waals surface area contributed by atoms with Gasteiger partial charge in [-0.1, -0.05) is 0 Å². The van der Waals surface area contributed by atoms with Gasteiger partial charge in [-0.25, -0.2) is 4.98 Å². The highest BCUT2D eigenvalue weighted by Gasteiger charge is 2.08. The predicted octanol–water partition coefficient (Wildman–Crippen LogP) is -0.457. The third-order valence-electron chi connectivity index (χ3n) is 2.08. The first-order valence-corrected chi connectivity index (χ1v) is 4.58. The molecular formula is C9H15N5O. The molecule has 0 fully saturated rings. The van der Waals surface area contributed by atoms with Crippen LogP contribution in [0.25, 0.3) is 0 Å². The summed E-state index contributed by atoms with van der Waals surface area (Å²) < 4.78 is 1.46. The Hall–Kier alpha value is -1.85. The van der Waals surface area contributed by atoms with E-state index < -0.39 is 0 Å². The van der Waals surface area contributed by atoms with Gasteiger partial charge in [-0.15, -0.1) is 0 Å². The van der Waals surface area contributed by atoms with Crippen molar-refractivity contribution in [1.29, 1.82) is 5.41 Å². The van der Waals surface area contributed by atoms with Crippen molar-refractivity contribution in [2.45, 2.75) is 6.42 Å². The molecule has 0 spiro atoms. The van der Waals surface area contributed by atoms with Crippen LogP contribution < -0.4 is 16.2 Å². The molecule has 6 heteroatoms. The maximum atomic E-state index is 11.6. The first kappa shape index (κ1) is 11.2. The fourth-order valence-electron chi connectivity index (χ4n) is 1.14. The number of amidine groups is 1. The molecule has 82 valence electrons. The van der Waals surface area contributed by atoms with E-state index >= 15 is 0 Å². The molecule has 6 nitrogen and oxygen atoms in total. The summed E-state index contributed by atoms with van der Waals surface area (Å²) in [5, 5.41) is 7.09. The SMILES string of the molecule is CN(CCC(=N)N)c1nccn(C)c1=O. The fourth-order valence-corrected chi connectivity index (χ4v) is 1.14. The number of rotatable bonds is 4. The van der Waals surface area contributed by atoms with Crippen LogP contribution >= 0.6 is 0 Å². The Labute approximate surface area is 87.9 Å². The lowest BCUT2D eigenvalue weighted by atomic mass is 10.3. The van der Waals surface area contributed by atoms with Gasteiger partial charge in [0, 0.05) is 39.5 Å². The molecule has 0 aliphatic carbocycles. The van der Waals surface area contributed by atoms with E-state index in [1.54, 1.807) is 31.4 Å². The molecule has 0 aromatic carbocycles. The van der Waals surface area contributed by atoms with Gasteiger partial charge in [-0.05, 0) is 0 Å². The molecule has 1 rings (SSSR count). The lowest BCUT2D eigenvalue weighted by Crippen LogP contribution is -2.31. The minimum absolute atomic E-state index is 0.106. The van der Waals surface area contributed by atoms with Crippen LogP contribution in [0.2, 0.25) is 0 Å². The number of hydrogen-bond acceptors (Lipinski definition) is 4. The summed E-state index contributed by atoms with van der Waals surface area (Å²) in [5.41, 5.74) is 5.09. The van der Waals surface area contributed by atoms with Gasteiger partial charge >= 0.3 is 0 Å². The summed E-state index contributed by atoms with van der Waals surface area (Å²) in [6.07, 6.45) is 3.60. The van der Waals surface area contributed by atoms with Crippen molar-refractivity contribution in [2.75, 3.05) is 18.5 Å². The van der Waals surface area contributed by atoms with Gasteiger partial charge in [0.05, 0.1) is 5.84 Å². The summed E-state index contributed by atoms with van der Waals surface area (Å²) in [7, 11) is 3.43. The van der Waals surface area contributed by atoms with Crippen molar-refractivity contribution in [3.05, 3.63) is 22.7 Å². The van der Waals surface area contributed by atoms with Crippen LogP contribution in [0, 0.1) is 5.41 Å². The van der Waals surface area contributed by atoms with Crippen LogP contribution in [0.5, 0.6) is 0 Å². The van der Waals surface area contributed by atoms with Crippen LogP contribution in [0.15, 0.2) is 17.2 Å². The average Bonchev–Trinajstić information content (AvgIpc) is 2.18. The standard InChI is InChI=1S/C9H15N5O/c1-13(5-3-7(10)11)8-9(15)14(2)6-4-12-8/h4,6H,3,5H2,1-2H3,(H3,10,11). The summed E-state index contributed by atoms with van der Waals surface area (Å²) in [6, 6.07) is 0. The number of anilines is 1. The van der Waals surface area contributed by atoms with Crippen molar-refractivity contribution in [3.63, 3.8) is 0 Å². The van der Waals surface area contributed by atoms with Gasteiger partial charge in [0.1, 0.15) is 0 Å². The Morgan fingerprint density at radius 3 is 3.00 bits per heavy atom. The molecule has 1 aromatic rings. The third-order valence-corrected chi connectivity index (χ3v) is 2.08. The first-order valence-electron chi connectivity index (χ1n) is 4.58. The molecular weight excluding hydrogens is 194 g/mol. The van der Waals surface area contributed by atoms with Gasteiger partial charge in [0.2, 0.25) is 0 Å². The van der Waals surface area contributed by atoms with Crippen molar-refractivity contribution in [1.82, 2.24) is 9.55 Å². The second-order valence-corrected chi connectivity index (χ2v) is 3.36.